The second-order valence-corrected chi connectivity index (χ2v) is 5.89. The zero-order chi connectivity index (χ0) is 15.5. The number of aliphatic hydroxyl groups excluding tert-OH is 1. The van der Waals surface area contributed by atoms with Gasteiger partial charge in [0.05, 0.1) is 6.61 Å². The molecular formula is C19H21NO2. The summed E-state index contributed by atoms with van der Waals surface area (Å²) in [7, 11) is 0. The molecule has 0 unspecified atom stereocenters. The number of amides is 1. The van der Waals surface area contributed by atoms with Crippen molar-refractivity contribution in [2.75, 3.05) is 13.1 Å². The van der Waals surface area contributed by atoms with Crippen LogP contribution in [0.15, 0.2) is 48.5 Å². The Morgan fingerprint density at radius 1 is 1.18 bits per heavy atom. The zero-order valence-electron chi connectivity index (χ0n) is 12.8. The van der Waals surface area contributed by atoms with Crippen LogP contribution in [0, 0.1) is 0 Å². The summed E-state index contributed by atoms with van der Waals surface area (Å²) in [6.07, 6.45) is 0.970. The highest BCUT2D eigenvalue weighted by atomic mass is 16.3. The van der Waals surface area contributed by atoms with E-state index in [9.17, 15) is 9.90 Å². The van der Waals surface area contributed by atoms with Crippen LogP contribution < -0.4 is 0 Å². The molecule has 0 bridgehead atoms. The Morgan fingerprint density at radius 2 is 1.95 bits per heavy atom. The monoisotopic (exact) mass is 295 g/mol. The number of aliphatic hydroxyl groups is 1. The summed E-state index contributed by atoms with van der Waals surface area (Å²) in [5, 5.41) is 9.74. The van der Waals surface area contributed by atoms with E-state index in [2.05, 4.69) is 30.3 Å². The SMILES string of the molecule is CC(=O)N1CC[C@H](c2ccc(-c3ccccc3)cc2CO)C1. The van der Waals surface area contributed by atoms with Gasteiger partial charge in [0, 0.05) is 25.9 Å². The second kappa shape index (κ2) is 6.32. The van der Waals surface area contributed by atoms with Crippen LogP contribution in [0.1, 0.15) is 30.4 Å². The van der Waals surface area contributed by atoms with Gasteiger partial charge in [0.1, 0.15) is 0 Å². The number of hydrogen-bond acceptors (Lipinski definition) is 2. The predicted octanol–water partition coefficient (Wildman–Crippen LogP) is 3.18. The van der Waals surface area contributed by atoms with Crippen molar-refractivity contribution in [3.05, 3.63) is 59.7 Å². The van der Waals surface area contributed by atoms with Crippen LogP contribution in [0.5, 0.6) is 0 Å². The van der Waals surface area contributed by atoms with Crippen LogP contribution >= 0.6 is 0 Å². The summed E-state index contributed by atoms with van der Waals surface area (Å²) < 4.78 is 0. The molecule has 0 aliphatic carbocycles. The van der Waals surface area contributed by atoms with Crippen LogP contribution in [0.4, 0.5) is 0 Å². The molecule has 1 aliphatic rings. The van der Waals surface area contributed by atoms with Gasteiger partial charge in [0.25, 0.3) is 0 Å². The van der Waals surface area contributed by atoms with Crippen molar-refractivity contribution < 1.29 is 9.90 Å². The lowest BCUT2D eigenvalue weighted by atomic mass is 9.91. The maximum absolute atomic E-state index is 11.5. The summed E-state index contributed by atoms with van der Waals surface area (Å²) in [5.41, 5.74) is 4.41. The average Bonchev–Trinajstić information content (AvgIpc) is 3.05. The Balaban J connectivity index is 1.89. The zero-order valence-corrected chi connectivity index (χ0v) is 12.8. The van der Waals surface area contributed by atoms with E-state index >= 15 is 0 Å². The fraction of sp³-hybridized carbons (Fsp3) is 0.316. The predicted molar refractivity (Wildman–Crippen MR) is 87.4 cm³/mol. The van der Waals surface area contributed by atoms with E-state index in [4.69, 9.17) is 0 Å². The van der Waals surface area contributed by atoms with E-state index in [-0.39, 0.29) is 12.5 Å². The van der Waals surface area contributed by atoms with Gasteiger partial charge in [0.2, 0.25) is 5.91 Å². The first-order chi connectivity index (χ1) is 10.7. The lowest BCUT2D eigenvalue weighted by Gasteiger charge is -2.17. The summed E-state index contributed by atoms with van der Waals surface area (Å²) in [5.74, 6) is 0.463. The lowest BCUT2D eigenvalue weighted by molar-refractivity contribution is -0.127. The Kier molecular flexibility index (Phi) is 4.25. The minimum atomic E-state index is 0.0343. The van der Waals surface area contributed by atoms with Crippen molar-refractivity contribution in [2.45, 2.75) is 25.9 Å². The van der Waals surface area contributed by atoms with E-state index in [1.807, 2.05) is 23.1 Å². The van der Waals surface area contributed by atoms with E-state index in [0.717, 1.165) is 36.2 Å². The highest BCUT2D eigenvalue weighted by Gasteiger charge is 2.26. The lowest BCUT2D eigenvalue weighted by Crippen LogP contribution is -2.25. The summed E-state index contributed by atoms with van der Waals surface area (Å²) in [4.78, 5) is 13.4. The molecule has 3 heteroatoms. The highest BCUT2D eigenvalue weighted by molar-refractivity contribution is 5.73. The number of rotatable bonds is 3. The second-order valence-electron chi connectivity index (χ2n) is 5.89. The molecule has 0 aromatic heterocycles. The van der Waals surface area contributed by atoms with E-state index < -0.39 is 0 Å². The minimum Gasteiger partial charge on any atom is -0.392 e. The molecule has 1 fully saturated rings. The van der Waals surface area contributed by atoms with E-state index in [1.54, 1.807) is 6.92 Å². The molecule has 2 aromatic carbocycles. The molecule has 1 amide bonds. The molecular weight excluding hydrogens is 274 g/mol. The molecule has 1 N–H and O–H groups in total. The third kappa shape index (κ3) is 2.90. The van der Waals surface area contributed by atoms with Crippen molar-refractivity contribution in [2.24, 2.45) is 0 Å². The molecule has 1 atom stereocenters. The summed E-state index contributed by atoms with van der Waals surface area (Å²) in [6, 6.07) is 16.5. The Labute approximate surface area is 131 Å². The largest absolute Gasteiger partial charge is 0.392 e. The number of carbonyl (C=O) groups is 1. The summed E-state index contributed by atoms with van der Waals surface area (Å²) in [6.45, 7) is 3.22. The topological polar surface area (TPSA) is 40.5 Å². The van der Waals surface area contributed by atoms with Crippen molar-refractivity contribution in [3.8, 4) is 11.1 Å². The third-order valence-electron chi connectivity index (χ3n) is 4.49. The van der Waals surface area contributed by atoms with Crippen LogP contribution in [0.25, 0.3) is 11.1 Å². The van der Waals surface area contributed by atoms with E-state index in [0.29, 0.717) is 5.92 Å². The fourth-order valence-corrected chi connectivity index (χ4v) is 3.25. The molecule has 114 valence electrons. The molecule has 3 nitrogen and oxygen atoms in total. The molecule has 0 spiro atoms. The first-order valence-electron chi connectivity index (χ1n) is 7.73. The maximum Gasteiger partial charge on any atom is 0.219 e. The van der Waals surface area contributed by atoms with Crippen molar-refractivity contribution >= 4 is 5.91 Å². The Hall–Kier alpha value is -2.13. The number of carbonyl (C=O) groups excluding carboxylic acids is 1. The molecule has 22 heavy (non-hydrogen) atoms. The molecule has 0 radical (unpaired) electrons. The maximum atomic E-state index is 11.5. The van der Waals surface area contributed by atoms with Crippen molar-refractivity contribution in [1.82, 2.24) is 4.90 Å². The van der Waals surface area contributed by atoms with Gasteiger partial charge in [-0.2, -0.15) is 0 Å². The molecule has 0 saturated carbocycles. The normalized spacial score (nSPS) is 17.7. The van der Waals surface area contributed by atoms with Gasteiger partial charge in [-0.1, -0.05) is 42.5 Å². The quantitative estimate of drug-likeness (QED) is 0.944. The molecule has 2 aromatic rings. The van der Waals surface area contributed by atoms with Gasteiger partial charge in [-0.25, -0.2) is 0 Å². The smallest absolute Gasteiger partial charge is 0.219 e. The van der Waals surface area contributed by atoms with Gasteiger partial charge in [-0.05, 0) is 34.7 Å². The first-order valence-corrected chi connectivity index (χ1v) is 7.73. The molecule has 1 heterocycles. The number of likely N-dealkylation sites (tertiary alicyclic amines) is 1. The van der Waals surface area contributed by atoms with Gasteiger partial charge in [0.15, 0.2) is 0 Å². The molecule has 1 aliphatic heterocycles. The third-order valence-corrected chi connectivity index (χ3v) is 4.49. The van der Waals surface area contributed by atoms with Gasteiger partial charge in [-0.3, -0.25) is 4.79 Å². The molecule has 1 saturated heterocycles. The highest BCUT2D eigenvalue weighted by Crippen LogP contribution is 2.32. The van der Waals surface area contributed by atoms with E-state index in [1.165, 1.54) is 5.56 Å². The van der Waals surface area contributed by atoms with Crippen LogP contribution in [0.3, 0.4) is 0 Å². The van der Waals surface area contributed by atoms with Crippen LogP contribution in [0.2, 0.25) is 0 Å². The summed E-state index contributed by atoms with van der Waals surface area (Å²) >= 11 is 0. The average molecular weight is 295 g/mol. The fourth-order valence-electron chi connectivity index (χ4n) is 3.25. The molecule has 3 rings (SSSR count). The number of benzene rings is 2. The van der Waals surface area contributed by atoms with Gasteiger partial charge < -0.3 is 10.0 Å². The van der Waals surface area contributed by atoms with Crippen molar-refractivity contribution in [3.63, 3.8) is 0 Å². The van der Waals surface area contributed by atoms with Crippen molar-refractivity contribution in [1.29, 1.82) is 0 Å². The minimum absolute atomic E-state index is 0.0343. The standard InChI is InChI=1S/C19H21NO2/c1-14(22)20-10-9-17(12-20)19-8-7-16(11-18(19)13-21)15-5-3-2-4-6-15/h2-8,11,17,21H,9-10,12-13H2,1H3/t17-/m0/s1. The van der Waals surface area contributed by atoms with Gasteiger partial charge >= 0.3 is 0 Å². The Morgan fingerprint density at radius 3 is 2.59 bits per heavy atom. The Bertz CT molecular complexity index is 666. The number of hydrogen-bond donors (Lipinski definition) is 1. The van der Waals surface area contributed by atoms with Gasteiger partial charge in [-0.15, -0.1) is 0 Å². The van der Waals surface area contributed by atoms with Crippen LogP contribution in [-0.2, 0) is 11.4 Å². The first kappa shape index (κ1) is 14.8. The van der Waals surface area contributed by atoms with Crippen LogP contribution in [-0.4, -0.2) is 29.0 Å². The number of nitrogens with zero attached hydrogens (tertiary/aromatic N) is 1.